The van der Waals surface area contributed by atoms with Gasteiger partial charge in [-0.05, 0) is 7.05 Å². The highest BCUT2D eigenvalue weighted by Crippen LogP contribution is 1.40. The van der Waals surface area contributed by atoms with Crippen LogP contribution in [-0.4, -0.2) is 39.4 Å². The summed E-state index contributed by atoms with van der Waals surface area (Å²) in [5.74, 6) is 0. The van der Waals surface area contributed by atoms with Crippen LogP contribution < -0.4 is 4.30 Å². The maximum absolute atomic E-state index is 4.86. The van der Waals surface area contributed by atoms with Crippen molar-refractivity contribution >= 4 is 32.4 Å². The van der Waals surface area contributed by atoms with Gasteiger partial charge in [0.1, 0.15) is 0 Å². The van der Waals surface area contributed by atoms with Gasteiger partial charge in [-0.1, -0.05) is 0 Å². The summed E-state index contributed by atoms with van der Waals surface area (Å²) >= 11 is 0.642. The summed E-state index contributed by atoms with van der Waals surface area (Å²) in [6.45, 7) is 0. The predicted octanol–water partition coefficient (Wildman–Crippen LogP) is -1.96. The Morgan fingerprint density at radius 3 is 2.60 bits per heavy atom. The molecule has 0 radical (unpaired) electrons. The molecule has 0 spiro atoms. The van der Waals surface area contributed by atoms with Gasteiger partial charge >= 0.3 is 32.4 Å². The van der Waals surface area contributed by atoms with E-state index >= 15 is 0 Å². The molecule has 0 aromatic carbocycles. The van der Waals surface area contributed by atoms with Crippen LogP contribution in [0.2, 0.25) is 0 Å². The van der Waals surface area contributed by atoms with E-state index in [0.29, 0.717) is 0 Å². The van der Waals surface area contributed by atoms with E-state index in [4.69, 9.17) is 2.84 Å². The summed E-state index contributed by atoms with van der Waals surface area (Å²) in [4.78, 5) is 0. The lowest BCUT2D eigenvalue weighted by Gasteiger charge is -1.85. The van der Waals surface area contributed by atoms with Crippen molar-refractivity contribution in [3.63, 3.8) is 0 Å². The molecule has 0 aliphatic rings. The van der Waals surface area contributed by atoms with Crippen LogP contribution in [0.5, 0.6) is 0 Å². The van der Waals surface area contributed by atoms with Crippen LogP contribution >= 0.6 is 0 Å². The predicted molar refractivity (Wildman–Crippen MR) is 25.8 cm³/mol. The Morgan fingerprint density at radius 2 is 2.60 bits per heavy atom. The third kappa shape index (κ3) is 4.98. The van der Waals surface area contributed by atoms with Gasteiger partial charge in [0.2, 0.25) is 0 Å². The first-order valence-corrected chi connectivity index (χ1v) is 3.65. The number of hydrogen-bond acceptors (Lipinski definition) is 2. The summed E-state index contributed by atoms with van der Waals surface area (Å²) in [6, 6.07) is 0. The minimum absolute atomic E-state index is 0.256. The molecule has 0 saturated carbocycles. The van der Waals surface area contributed by atoms with Crippen molar-refractivity contribution in [2.24, 2.45) is 0 Å². The van der Waals surface area contributed by atoms with Crippen molar-refractivity contribution in [1.29, 1.82) is 0 Å². The molecule has 0 aromatic heterocycles. The Hall–Kier alpha value is 0.985. The highest BCUT2D eigenvalue weighted by molar-refractivity contribution is 6.31. The Kier molecular flexibility index (Phi) is 5.97. The normalized spacial score (nSPS) is 7.40. The van der Waals surface area contributed by atoms with E-state index in [1.807, 2.05) is 7.05 Å². The van der Waals surface area contributed by atoms with Crippen molar-refractivity contribution in [1.82, 2.24) is 4.30 Å². The third-order valence-corrected chi connectivity index (χ3v) is 1.73. The monoisotopic (exact) mass is 103 g/mol. The molecule has 0 amide bonds. The molecule has 1 N–H and O–H groups in total. The first-order chi connectivity index (χ1) is 2.41. The molecule has 2 nitrogen and oxygen atoms in total. The van der Waals surface area contributed by atoms with Crippen LogP contribution in [0.15, 0.2) is 0 Å². The van der Waals surface area contributed by atoms with Crippen LogP contribution in [0.3, 0.4) is 0 Å². The van der Waals surface area contributed by atoms with Gasteiger partial charge in [-0.3, -0.25) is 0 Å². The van der Waals surface area contributed by atoms with Gasteiger partial charge in [0, 0.05) is 0 Å². The molecule has 0 aromatic rings. The SMILES string of the molecule is C[NH][AlH][O][AlH2]. The van der Waals surface area contributed by atoms with Gasteiger partial charge in [-0.25, -0.2) is 0 Å². The third-order valence-electron chi connectivity index (χ3n) is 0.289. The van der Waals surface area contributed by atoms with E-state index in [9.17, 15) is 0 Å². The second-order valence-electron chi connectivity index (χ2n) is 0.787. The number of nitrogens with one attached hydrogen (secondary N) is 1. The van der Waals surface area contributed by atoms with Gasteiger partial charge in [-0.2, -0.15) is 0 Å². The summed E-state index contributed by atoms with van der Waals surface area (Å²) in [6.07, 6.45) is 0. The minimum atomic E-state index is -0.256. The van der Waals surface area contributed by atoms with E-state index in [1.165, 1.54) is 0 Å². The lowest BCUT2D eigenvalue weighted by atomic mass is 11.6. The van der Waals surface area contributed by atoms with E-state index in [2.05, 4.69) is 4.30 Å². The van der Waals surface area contributed by atoms with Gasteiger partial charge < -0.3 is 7.14 Å². The Morgan fingerprint density at radius 1 is 2.00 bits per heavy atom. The van der Waals surface area contributed by atoms with E-state index < -0.39 is 0 Å². The lowest BCUT2D eigenvalue weighted by Crippen LogP contribution is -2.14. The summed E-state index contributed by atoms with van der Waals surface area (Å²) in [7, 11) is 1.92. The molecule has 0 saturated heterocycles. The lowest BCUT2D eigenvalue weighted by molar-refractivity contribution is 0.649. The fraction of sp³-hybridized carbons (Fsp3) is 1.00. The first kappa shape index (κ1) is 5.98. The van der Waals surface area contributed by atoms with E-state index in [1.54, 1.807) is 0 Å². The fourth-order valence-electron chi connectivity index (χ4n) is 0.144. The largest absolute Gasteiger partial charge is 0.632 e. The molecule has 0 atom stereocenters. The van der Waals surface area contributed by atoms with Gasteiger partial charge in [0.15, 0.2) is 0 Å². The van der Waals surface area contributed by atoms with E-state index in [0.717, 1.165) is 16.6 Å². The molecule has 0 aliphatic carbocycles. The van der Waals surface area contributed by atoms with Crippen LogP contribution in [0, 0.1) is 0 Å². The molecular formula is CH7Al2NO. The summed E-state index contributed by atoms with van der Waals surface area (Å²) in [5, 5.41) is 0. The van der Waals surface area contributed by atoms with Crippen molar-refractivity contribution in [2.45, 2.75) is 0 Å². The first-order valence-electron chi connectivity index (χ1n) is 1.55. The maximum atomic E-state index is 4.86. The second-order valence-corrected chi connectivity index (χ2v) is 4.09. The highest BCUT2D eigenvalue weighted by Gasteiger charge is 1.76. The topological polar surface area (TPSA) is 21.3 Å². The van der Waals surface area contributed by atoms with Crippen LogP contribution in [0.25, 0.3) is 0 Å². The molecule has 0 unspecified atom stereocenters. The molecule has 0 bridgehead atoms. The van der Waals surface area contributed by atoms with Gasteiger partial charge in [0.05, 0.1) is 0 Å². The number of rotatable bonds is 2. The molecule has 0 aliphatic heterocycles. The molecule has 5 heavy (non-hydrogen) atoms. The second kappa shape index (κ2) is 4.98. The van der Waals surface area contributed by atoms with Crippen molar-refractivity contribution in [3.05, 3.63) is 0 Å². The summed E-state index contributed by atoms with van der Waals surface area (Å²) in [5.41, 5.74) is 0. The standard InChI is InChI=1S/CH4N.2Al.O.3H/c1-2;;;;;;/h2H,1H3;;;;;;/q-1;;+1;;;;. The zero-order valence-electron chi connectivity index (χ0n) is 3.62. The van der Waals surface area contributed by atoms with Crippen LogP contribution in [0.4, 0.5) is 0 Å². The highest BCUT2D eigenvalue weighted by atomic mass is 27.2. The van der Waals surface area contributed by atoms with Crippen LogP contribution in [-0.2, 0) is 2.84 Å². The molecule has 0 rings (SSSR count). The molecule has 4 heteroatoms. The average Bonchev–Trinajstić information content (AvgIpc) is 1.41. The Labute approximate surface area is 46.9 Å². The van der Waals surface area contributed by atoms with Crippen molar-refractivity contribution in [3.8, 4) is 0 Å². The molecule has 0 fully saturated rings. The fourth-order valence-corrected chi connectivity index (χ4v) is 1.30. The Bertz CT molecular complexity index is 17.1. The Balaban J connectivity index is 2.19. The maximum Gasteiger partial charge on any atom is 0.520 e. The van der Waals surface area contributed by atoms with Crippen LogP contribution in [0.1, 0.15) is 0 Å². The smallest absolute Gasteiger partial charge is 0.520 e. The molecule has 0 heterocycles. The quantitative estimate of drug-likeness (QED) is 0.409. The van der Waals surface area contributed by atoms with Gasteiger partial charge in [-0.15, -0.1) is 0 Å². The van der Waals surface area contributed by atoms with Crippen molar-refractivity contribution in [2.75, 3.05) is 7.05 Å². The zero-order chi connectivity index (χ0) is 4.12. The average molecular weight is 103 g/mol. The zero-order valence-corrected chi connectivity index (χ0v) is 7.03. The number of hydrogen-bond donors (Lipinski definition) is 1. The molecule has 28 valence electrons. The minimum Gasteiger partial charge on any atom is -0.632 e. The van der Waals surface area contributed by atoms with Crippen molar-refractivity contribution < 1.29 is 2.84 Å². The molecular weight excluding hydrogens is 96.0 g/mol. The van der Waals surface area contributed by atoms with Gasteiger partial charge in [0.25, 0.3) is 0 Å². The van der Waals surface area contributed by atoms with E-state index in [-0.39, 0.29) is 15.8 Å². The summed E-state index contributed by atoms with van der Waals surface area (Å²) < 4.78 is 7.83.